The second-order valence-electron chi connectivity index (χ2n) is 8.99. The molecule has 0 radical (unpaired) electrons. The SMILES string of the molecule is COC(=O)c1ccc(N2C(=O)CC(N(CCC3=CCCCC3)C(=O)c3cccc([N+](=O)[O-])c3)C2=O)cc1. The molecular formula is C27H27N3O7. The number of benzene rings is 2. The van der Waals surface area contributed by atoms with Gasteiger partial charge >= 0.3 is 5.97 Å². The molecule has 2 aliphatic rings. The van der Waals surface area contributed by atoms with E-state index in [0.717, 1.165) is 30.6 Å². The molecular weight excluding hydrogens is 478 g/mol. The number of esters is 1. The summed E-state index contributed by atoms with van der Waals surface area (Å²) in [4.78, 5) is 64.8. The number of nitrogens with zero attached hydrogens (tertiary/aromatic N) is 3. The Kier molecular flexibility index (Phi) is 7.76. The van der Waals surface area contributed by atoms with Gasteiger partial charge in [0.25, 0.3) is 17.5 Å². The van der Waals surface area contributed by atoms with Crippen molar-refractivity contribution >= 4 is 35.1 Å². The van der Waals surface area contributed by atoms with E-state index in [1.54, 1.807) is 0 Å². The molecule has 0 spiro atoms. The van der Waals surface area contributed by atoms with Gasteiger partial charge in [-0.15, -0.1) is 0 Å². The molecule has 0 bridgehead atoms. The third-order valence-corrected chi connectivity index (χ3v) is 6.67. The van der Waals surface area contributed by atoms with Gasteiger partial charge in [0.05, 0.1) is 29.7 Å². The van der Waals surface area contributed by atoms with Crippen molar-refractivity contribution in [3.8, 4) is 0 Å². The molecule has 0 N–H and O–H groups in total. The molecule has 1 saturated heterocycles. The van der Waals surface area contributed by atoms with Gasteiger partial charge in [0, 0.05) is 24.2 Å². The molecule has 1 heterocycles. The second kappa shape index (κ2) is 11.2. The number of ether oxygens (including phenoxy) is 1. The van der Waals surface area contributed by atoms with Crippen LogP contribution < -0.4 is 4.90 Å². The molecule has 10 heteroatoms. The van der Waals surface area contributed by atoms with Crippen molar-refractivity contribution in [1.82, 2.24) is 4.90 Å². The fourth-order valence-electron chi connectivity index (χ4n) is 4.71. The third-order valence-electron chi connectivity index (χ3n) is 6.67. The fraction of sp³-hybridized carbons (Fsp3) is 0.333. The summed E-state index contributed by atoms with van der Waals surface area (Å²) >= 11 is 0. The number of imide groups is 1. The summed E-state index contributed by atoms with van der Waals surface area (Å²) in [7, 11) is 1.25. The number of hydrogen-bond donors (Lipinski definition) is 0. The van der Waals surface area contributed by atoms with Crippen LogP contribution in [0.15, 0.2) is 60.2 Å². The van der Waals surface area contributed by atoms with Gasteiger partial charge in [-0.25, -0.2) is 9.69 Å². The molecule has 10 nitrogen and oxygen atoms in total. The predicted octanol–water partition coefficient (Wildman–Crippen LogP) is 4.05. The molecule has 0 saturated carbocycles. The van der Waals surface area contributed by atoms with Crippen LogP contribution in [0.3, 0.4) is 0 Å². The third kappa shape index (κ3) is 5.58. The minimum absolute atomic E-state index is 0.0768. The van der Waals surface area contributed by atoms with Crippen LogP contribution >= 0.6 is 0 Å². The Bertz CT molecular complexity index is 1270. The summed E-state index contributed by atoms with van der Waals surface area (Å²) in [6.07, 6.45) is 6.53. The standard InChI is InChI=1S/C27H27N3O7/c1-37-27(34)19-10-12-21(13-11-19)29-24(31)17-23(26(29)33)28(15-14-18-6-3-2-4-7-18)25(32)20-8-5-9-22(16-20)30(35)36/h5-6,8-13,16,23H,2-4,7,14-15,17H2,1H3. The molecule has 192 valence electrons. The summed E-state index contributed by atoms with van der Waals surface area (Å²) in [5, 5.41) is 11.3. The van der Waals surface area contributed by atoms with Crippen LogP contribution in [0.4, 0.5) is 11.4 Å². The summed E-state index contributed by atoms with van der Waals surface area (Å²) in [5.74, 6) is -2.13. The van der Waals surface area contributed by atoms with Crippen LogP contribution in [0, 0.1) is 10.1 Å². The van der Waals surface area contributed by atoms with E-state index in [1.165, 1.54) is 66.1 Å². The highest BCUT2D eigenvalue weighted by atomic mass is 16.6. The first kappa shape index (κ1) is 25.7. The van der Waals surface area contributed by atoms with Crippen molar-refractivity contribution in [3.63, 3.8) is 0 Å². The zero-order valence-electron chi connectivity index (χ0n) is 20.4. The smallest absolute Gasteiger partial charge is 0.337 e. The number of amides is 3. The molecule has 4 rings (SSSR count). The Hall–Kier alpha value is -4.34. The lowest BCUT2D eigenvalue weighted by molar-refractivity contribution is -0.384. The van der Waals surface area contributed by atoms with E-state index >= 15 is 0 Å². The number of nitro benzene ring substituents is 1. The lowest BCUT2D eigenvalue weighted by Gasteiger charge is -2.28. The number of non-ortho nitro benzene ring substituents is 1. The van der Waals surface area contributed by atoms with E-state index < -0.39 is 34.7 Å². The Balaban J connectivity index is 1.62. The summed E-state index contributed by atoms with van der Waals surface area (Å²) in [5.41, 5.74) is 1.58. The summed E-state index contributed by atoms with van der Waals surface area (Å²) in [6, 6.07) is 10.2. The predicted molar refractivity (Wildman–Crippen MR) is 134 cm³/mol. The van der Waals surface area contributed by atoms with E-state index in [4.69, 9.17) is 0 Å². The maximum atomic E-state index is 13.6. The normalized spacial score (nSPS) is 17.4. The second-order valence-corrected chi connectivity index (χ2v) is 8.99. The van der Waals surface area contributed by atoms with Crippen LogP contribution in [0.2, 0.25) is 0 Å². The molecule has 0 aromatic heterocycles. The average molecular weight is 506 g/mol. The monoisotopic (exact) mass is 505 g/mol. The molecule has 1 aliphatic heterocycles. The van der Waals surface area contributed by atoms with E-state index in [0.29, 0.717) is 6.42 Å². The van der Waals surface area contributed by atoms with Gasteiger partial charge in [-0.3, -0.25) is 24.5 Å². The number of carbonyl (C=O) groups is 4. The van der Waals surface area contributed by atoms with Gasteiger partial charge in [0.1, 0.15) is 6.04 Å². The molecule has 2 aromatic rings. The van der Waals surface area contributed by atoms with Gasteiger partial charge in [-0.05, 0) is 62.4 Å². The van der Waals surface area contributed by atoms with Crippen molar-refractivity contribution in [3.05, 3.63) is 81.4 Å². The van der Waals surface area contributed by atoms with Crippen molar-refractivity contribution in [2.45, 2.75) is 44.6 Å². The topological polar surface area (TPSA) is 127 Å². The molecule has 37 heavy (non-hydrogen) atoms. The molecule has 2 aromatic carbocycles. The van der Waals surface area contributed by atoms with E-state index in [-0.39, 0.29) is 35.5 Å². The van der Waals surface area contributed by atoms with Gasteiger partial charge in [0.2, 0.25) is 5.91 Å². The number of nitro groups is 1. The lowest BCUT2D eigenvalue weighted by atomic mass is 9.96. The largest absolute Gasteiger partial charge is 0.465 e. The highest BCUT2D eigenvalue weighted by molar-refractivity contribution is 6.23. The minimum Gasteiger partial charge on any atom is -0.465 e. The van der Waals surface area contributed by atoms with E-state index in [2.05, 4.69) is 10.8 Å². The Labute approximate surface area is 213 Å². The van der Waals surface area contributed by atoms with Crippen molar-refractivity contribution < 1.29 is 28.8 Å². The van der Waals surface area contributed by atoms with Gasteiger partial charge < -0.3 is 9.64 Å². The highest BCUT2D eigenvalue weighted by Gasteiger charge is 2.44. The zero-order valence-corrected chi connectivity index (χ0v) is 20.4. The summed E-state index contributed by atoms with van der Waals surface area (Å²) < 4.78 is 4.68. The van der Waals surface area contributed by atoms with Gasteiger partial charge in [-0.1, -0.05) is 17.7 Å². The molecule has 1 unspecified atom stereocenters. The van der Waals surface area contributed by atoms with E-state index in [9.17, 15) is 29.3 Å². The zero-order chi connectivity index (χ0) is 26.5. The quantitative estimate of drug-likeness (QED) is 0.174. The number of rotatable bonds is 8. The van der Waals surface area contributed by atoms with Crippen LogP contribution in [0.25, 0.3) is 0 Å². The van der Waals surface area contributed by atoms with Crippen LogP contribution in [0.5, 0.6) is 0 Å². The van der Waals surface area contributed by atoms with Crippen LogP contribution in [0.1, 0.15) is 59.2 Å². The first-order valence-corrected chi connectivity index (χ1v) is 12.1. The Morgan fingerprint density at radius 1 is 1.11 bits per heavy atom. The number of allylic oxidation sites excluding steroid dienone is 1. The maximum absolute atomic E-state index is 13.6. The highest BCUT2D eigenvalue weighted by Crippen LogP contribution is 2.29. The first-order valence-electron chi connectivity index (χ1n) is 12.1. The summed E-state index contributed by atoms with van der Waals surface area (Å²) in [6.45, 7) is 0.201. The van der Waals surface area contributed by atoms with Crippen molar-refractivity contribution in [2.75, 3.05) is 18.6 Å². The van der Waals surface area contributed by atoms with Crippen molar-refractivity contribution in [2.24, 2.45) is 0 Å². The minimum atomic E-state index is -1.05. The number of hydrogen-bond acceptors (Lipinski definition) is 7. The number of anilines is 1. The van der Waals surface area contributed by atoms with Gasteiger partial charge in [0.15, 0.2) is 0 Å². The van der Waals surface area contributed by atoms with Gasteiger partial charge in [-0.2, -0.15) is 0 Å². The number of methoxy groups -OCH3 is 1. The van der Waals surface area contributed by atoms with Crippen molar-refractivity contribution in [1.29, 1.82) is 0 Å². The maximum Gasteiger partial charge on any atom is 0.337 e. The van der Waals surface area contributed by atoms with Crippen LogP contribution in [-0.2, 0) is 14.3 Å². The Morgan fingerprint density at radius 2 is 1.86 bits per heavy atom. The first-order chi connectivity index (χ1) is 17.8. The Morgan fingerprint density at radius 3 is 2.51 bits per heavy atom. The lowest BCUT2D eigenvalue weighted by Crippen LogP contribution is -2.46. The molecule has 3 amide bonds. The molecule has 1 aliphatic carbocycles. The fourth-order valence-corrected chi connectivity index (χ4v) is 4.71. The van der Waals surface area contributed by atoms with E-state index in [1.807, 2.05) is 0 Å². The molecule has 1 fully saturated rings. The number of carbonyl (C=O) groups excluding carboxylic acids is 4. The molecule has 1 atom stereocenters. The van der Waals surface area contributed by atoms with Crippen LogP contribution in [-0.4, -0.2) is 53.2 Å². The average Bonchev–Trinajstić information content (AvgIpc) is 3.22.